The number of hydrazine groups is 1. The van der Waals surface area contributed by atoms with Crippen LogP contribution in [-0.2, 0) is 6.18 Å². The molecule has 4 nitrogen and oxygen atoms in total. The number of benzene rings is 1. The van der Waals surface area contributed by atoms with Crippen LogP contribution in [0.2, 0.25) is 5.02 Å². The van der Waals surface area contributed by atoms with Gasteiger partial charge in [0, 0.05) is 12.1 Å². The van der Waals surface area contributed by atoms with Crippen LogP contribution in [0.1, 0.15) is 5.56 Å². The van der Waals surface area contributed by atoms with Gasteiger partial charge in [-0.25, -0.2) is 10.2 Å². The van der Waals surface area contributed by atoms with E-state index in [-0.39, 0.29) is 22.5 Å². The van der Waals surface area contributed by atoms with Gasteiger partial charge in [-0.05, 0) is 18.2 Å². The second kappa shape index (κ2) is 5.74. The first-order chi connectivity index (χ1) is 9.79. The number of ether oxygens (including phenoxy) is 1. The molecule has 0 aliphatic carbocycles. The van der Waals surface area contributed by atoms with Crippen molar-refractivity contribution in [3.8, 4) is 11.6 Å². The molecule has 0 aliphatic rings. The molecule has 0 saturated heterocycles. The van der Waals surface area contributed by atoms with E-state index in [2.05, 4.69) is 4.98 Å². The van der Waals surface area contributed by atoms with Gasteiger partial charge in [-0.2, -0.15) is 18.2 Å². The standard InChI is InChI=1S/C12H8ClF4N3O/c13-8-2-1-7(5-9(8)14)21-11-4-6(12(15,16)17)3-10(19-11)20-18/h1-5H,18H2,(H,19,20). The Kier molecular flexibility index (Phi) is 4.19. The number of nitrogens with zero attached hydrogens (tertiary/aromatic N) is 1. The van der Waals surface area contributed by atoms with Crippen LogP contribution in [0.5, 0.6) is 11.6 Å². The number of hydrogen-bond acceptors (Lipinski definition) is 4. The summed E-state index contributed by atoms with van der Waals surface area (Å²) in [6, 6.07) is 4.83. The topological polar surface area (TPSA) is 60.2 Å². The van der Waals surface area contributed by atoms with Crippen molar-refractivity contribution in [1.29, 1.82) is 0 Å². The van der Waals surface area contributed by atoms with E-state index in [1.54, 1.807) is 0 Å². The lowest BCUT2D eigenvalue weighted by atomic mass is 10.2. The molecule has 0 saturated carbocycles. The Bertz CT molecular complexity index is 663. The molecule has 1 aromatic heterocycles. The van der Waals surface area contributed by atoms with Crippen molar-refractivity contribution in [2.24, 2.45) is 5.84 Å². The van der Waals surface area contributed by atoms with Crippen LogP contribution in [0.3, 0.4) is 0 Å². The molecule has 0 fully saturated rings. The van der Waals surface area contributed by atoms with Gasteiger partial charge in [0.15, 0.2) is 0 Å². The molecular formula is C12H8ClF4N3O. The van der Waals surface area contributed by atoms with E-state index in [1.165, 1.54) is 12.1 Å². The largest absolute Gasteiger partial charge is 0.439 e. The maximum atomic E-state index is 13.3. The Hall–Kier alpha value is -2.06. The number of nitrogens with one attached hydrogen (secondary N) is 1. The van der Waals surface area contributed by atoms with Crippen molar-refractivity contribution in [2.45, 2.75) is 6.18 Å². The molecule has 0 atom stereocenters. The van der Waals surface area contributed by atoms with Crippen LogP contribution in [0, 0.1) is 5.82 Å². The minimum atomic E-state index is -4.60. The predicted octanol–water partition coefficient (Wildman–Crippen LogP) is 3.97. The normalized spacial score (nSPS) is 11.3. The lowest BCUT2D eigenvalue weighted by Crippen LogP contribution is -2.12. The zero-order valence-corrected chi connectivity index (χ0v) is 11.0. The minimum Gasteiger partial charge on any atom is -0.439 e. The summed E-state index contributed by atoms with van der Waals surface area (Å²) in [5.41, 5.74) is 0.995. The van der Waals surface area contributed by atoms with Gasteiger partial charge in [0.2, 0.25) is 5.88 Å². The predicted molar refractivity (Wildman–Crippen MR) is 68.5 cm³/mol. The second-order valence-corrected chi connectivity index (χ2v) is 4.31. The van der Waals surface area contributed by atoms with Gasteiger partial charge in [0.1, 0.15) is 17.4 Å². The van der Waals surface area contributed by atoms with Crippen molar-refractivity contribution in [2.75, 3.05) is 5.43 Å². The Morgan fingerprint density at radius 3 is 2.48 bits per heavy atom. The zero-order chi connectivity index (χ0) is 15.6. The van der Waals surface area contributed by atoms with Gasteiger partial charge < -0.3 is 10.2 Å². The Balaban J connectivity index is 2.36. The first-order valence-electron chi connectivity index (χ1n) is 5.48. The van der Waals surface area contributed by atoms with Crippen molar-refractivity contribution in [3.05, 3.63) is 46.7 Å². The van der Waals surface area contributed by atoms with Gasteiger partial charge in [-0.3, -0.25) is 0 Å². The van der Waals surface area contributed by atoms with Crippen molar-refractivity contribution < 1.29 is 22.3 Å². The highest BCUT2D eigenvalue weighted by molar-refractivity contribution is 6.30. The fraction of sp³-hybridized carbons (Fsp3) is 0.0833. The quantitative estimate of drug-likeness (QED) is 0.510. The minimum absolute atomic E-state index is 0.0494. The Morgan fingerprint density at radius 1 is 1.19 bits per heavy atom. The van der Waals surface area contributed by atoms with Gasteiger partial charge >= 0.3 is 6.18 Å². The Labute approximate surface area is 121 Å². The lowest BCUT2D eigenvalue weighted by Gasteiger charge is -2.12. The van der Waals surface area contributed by atoms with E-state index in [4.69, 9.17) is 22.2 Å². The molecule has 21 heavy (non-hydrogen) atoms. The van der Waals surface area contributed by atoms with E-state index < -0.39 is 17.6 Å². The van der Waals surface area contributed by atoms with E-state index >= 15 is 0 Å². The van der Waals surface area contributed by atoms with Crippen LogP contribution >= 0.6 is 11.6 Å². The molecule has 9 heteroatoms. The van der Waals surface area contributed by atoms with E-state index in [1.807, 2.05) is 5.43 Å². The van der Waals surface area contributed by atoms with E-state index in [0.717, 1.165) is 12.1 Å². The molecule has 2 aromatic rings. The van der Waals surface area contributed by atoms with E-state index in [0.29, 0.717) is 6.07 Å². The number of alkyl halides is 3. The number of rotatable bonds is 3. The molecule has 3 N–H and O–H groups in total. The van der Waals surface area contributed by atoms with Gasteiger partial charge in [-0.15, -0.1) is 0 Å². The molecule has 1 heterocycles. The highest BCUT2D eigenvalue weighted by Crippen LogP contribution is 2.34. The Morgan fingerprint density at radius 2 is 1.90 bits per heavy atom. The third-order valence-corrected chi connectivity index (χ3v) is 2.70. The number of pyridine rings is 1. The third-order valence-electron chi connectivity index (χ3n) is 2.39. The number of nitrogen functional groups attached to an aromatic ring is 1. The summed E-state index contributed by atoms with van der Waals surface area (Å²) in [6.45, 7) is 0. The number of anilines is 1. The second-order valence-electron chi connectivity index (χ2n) is 3.90. The van der Waals surface area contributed by atoms with Crippen LogP contribution < -0.4 is 16.0 Å². The lowest BCUT2D eigenvalue weighted by molar-refractivity contribution is -0.137. The first-order valence-corrected chi connectivity index (χ1v) is 5.86. The first kappa shape index (κ1) is 15.3. The maximum Gasteiger partial charge on any atom is 0.416 e. The van der Waals surface area contributed by atoms with Crippen LogP contribution in [0.15, 0.2) is 30.3 Å². The molecule has 1 aromatic carbocycles. The smallest absolute Gasteiger partial charge is 0.416 e. The molecule has 0 spiro atoms. The van der Waals surface area contributed by atoms with Crippen molar-refractivity contribution >= 4 is 17.4 Å². The fourth-order valence-electron chi connectivity index (χ4n) is 1.46. The van der Waals surface area contributed by atoms with Crippen LogP contribution in [-0.4, -0.2) is 4.98 Å². The molecule has 0 radical (unpaired) electrons. The highest BCUT2D eigenvalue weighted by Gasteiger charge is 2.32. The molecular weight excluding hydrogens is 314 g/mol. The van der Waals surface area contributed by atoms with Gasteiger partial charge in [0.05, 0.1) is 10.6 Å². The average molecular weight is 322 g/mol. The summed E-state index contributed by atoms with van der Waals surface area (Å²) in [4.78, 5) is 3.70. The highest BCUT2D eigenvalue weighted by atomic mass is 35.5. The van der Waals surface area contributed by atoms with Crippen LogP contribution in [0.4, 0.5) is 23.4 Å². The summed E-state index contributed by atoms with van der Waals surface area (Å²) in [7, 11) is 0. The fourth-order valence-corrected chi connectivity index (χ4v) is 1.57. The molecule has 0 amide bonds. The third kappa shape index (κ3) is 3.73. The summed E-state index contributed by atoms with van der Waals surface area (Å²) in [6.07, 6.45) is -4.60. The SMILES string of the molecule is NNc1cc(C(F)(F)F)cc(Oc2ccc(Cl)c(F)c2)n1. The summed E-state index contributed by atoms with van der Waals surface area (Å²) in [5, 5.41) is -0.135. The molecule has 2 rings (SSSR count). The number of nitrogens with two attached hydrogens (primary N) is 1. The number of hydrogen-bond donors (Lipinski definition) is 2. The number of halogens is 5. The molecule has 112 valence electrons. The average Bonchev–Trinajstić information content (AvgIpc) is 2.41. The van der Waals surface area contributed by atoms with Crippen molar-refractivity contribution in [3.63, 3.8) is 0 Å². The van der Waals surface area contributed by atoms with E-state index in [9.17, 15) is 17.6 Å². The van der Waals surface area contributed by atoms with Gasteiger partial charge in [0.25, 0.3) is 0 Å². The maximum absolute atomic E-state index is 13.3. The molecule has 0 unspecified atom stereocenters. The summed E-state index contributed by atoms with van der Waals surface area (Å²) in [5.74, 6) is 3.61. The zero-order valence-electron chi connectivity index (χ0n) is 10.2. The summed E-state index contributed by atoms with van der Waals surface area (Å²) >= 11 is 5.49. The summed E-state index contributed by atoms with van der Waals surface area (Å²) < 4.78 is 56.5. The number of aromatic nitrogens is 1. The molecule has 0 aliphatic heterocycles. The monoisotopic (exact) mass is 321 g/mol. The van der Waals surface area contributed by atoms with Crippen molar-refractivity contribution in [1.82, 2.24) is 4.98 Å². The van der Waals surface area contributed by atoms with Gasteiger partial charge in [-0.1, -0.05) is 11.6 Å². The van der Waals surface area contributed by atoms with Crippen LogP contribution in [0.25, 0.3) is 0 Å². The molecule has 0 bridgehead atoms.